The molecule has 0 amide bonds. The van der Waals surface area contributed by atoms with Gasteiger partial charge in [-0.15, -0.1) is 0 Å². The molecular formula is C31H33FN2O4. The van der Waals surface area contributed by atoms with Gasteiger partial charge >= 0.3 is 5.97 Å². The lowest BCUT2D eigenvalue weighted by Gasteiger charge is -2.31. The van der Waals surface area contributed by atoms with Crippen LogP contribution in [0, 0.1) is 12.7 Å². The summed E-state index contributed by atoms with van der Waals surface area (Å²) in [6, 6.07) is 22.8. The molecule has 0 saturated carbocycles. The van der Waals surface area contributed by atoms with Crippen molar-refractivity contribution in [2.75, 3.05) is 13.7 Å². The first-order chi connectivity index (χ1) is 18.4. The molecule has 2 unspecified atom stereocenters. The number of aryl methyl sites for hydroxylation is 1. The summed E-state index contributed by atoms with van der Waals surface area (Å²) >= 11 is 0. The number of benzene rings is 3. The molecule has 0 radical (unpaired) electrons. The van der Waals surface area contributed by atoms with Crippen LogP contribution in [0.3, 0.4) is 0 Å². The van der Waals surface area contributed by atoms with E-state index in [-0.39, 0.29) is 11.7 Å². The lowest BCUT2D eigenvalue weighted by Crippen LogP contribution is -2.42. The Kier molecular flexibility index (Phi) is 8.92. The number of carboxylic acids is 1. The second kappa shape index (κ2) is 12.5. The number of hydrogen-bond acceptors (Lipinski definition) is 5. The Morgan fingerprint density at radius 2 is 1.74 bits per heavy atom. The quantitative estimate of drug-likeness (QED) is 0.232. The van der Waals surface area contributed by atoms with E-state index in [1.54, 1.807) is 24.1 Å². The third kappa shape index (κ3) is 6.66. The topological polar surface area (TPSA) is 75.8 Å². The second-order valence-corrected chi connectivity index (χ2v) is 9.39. The van der Waals surface area contributed by atoms with Crippen molar-refractivity contribution < 1.29 is 23.4 Å². The Hall–Kier alpha value is -3.97. The molecule has 0 fully saturated rings. The molecule has 3 aromatic carbocycles. The van der Waals surface area contributed by atoms with Gasteiger partial charge in [0.2, 0.25) is 5.89 Å². The molecule has 1 aromatic heterocycles. The van der Waals surface area contributed by atoms with E-state index in [4.69, 9.17) is 9.15 Å². The number of aliphatic carboxylic acids is 1. The maximum atomic E-state index is 13.3. The molecule has 4 aromatic rings. The summed E-state index contributed by atoms with van der Waals surface area (Å²) < 4.78 is 25.0. The highest BCUT2D eigenvalue weighted by Crippen LogP contribution is 2.29. The lowest BCUT2D eigenvalue weighted by atomic mass is 9.88. The summed E-state index contributed by atoms with van der Waals surface area (Å²) in [6.07, 6.45) is 1.26. The molecule has 6 nitrogen and oxygen atoms in total. The van der Waals surface area contributed by atoms with Crippen LogP contribution >= 0.6 is 0 Å². The third-order valence-electron chi connectivity index (χ3n) is 6.72. The predicted octanol–water partition coefficient (Wildman–Crippen LogP) is 6.49. The molecule has 1 heterocycles. The Labute approximate surface area is 222 Å². The van der Waals surface area contributed by atoms with Crippen LogP contribution in [-0.2, 0) is 17.8 Å². The van der Waals surface area contributed by atoms with E-state index in [1.165, 1.54) is 12.1 Å². The summed E-state index contributed by atoms with van der Waals surface area (Å²) in [5.74, 6) is 0.664. The Balaban J connectivity index is 1.38. The van der Waals surface area contributed by atoms with Gasteiger partial charge in [-0.05, 0) is 67.9 Å². The minimum atomic E-state index is -0.889. The molecule has 2 atom stereocenters. The van der Waals surface area contributed by atoms with Crippen molar-refractivity contribution in [1.29, 1.82) is 0 Å². The summed E-state index contributed by atoms with van der Waals surface area (Å²) in [4.78, 5) is 18.7. The Bertz CT molecular complexity index is 1320. The van der Waals surface area contributed by atoms with E-state index >= 15 is 0 Å². The van der Waals surface area contributed by atoms with Gasteiger partial charge in [0.05, 0.1) is 12.3 Å². The molecule has 7 heteroatoms. The zero-order valence-electron chi connectivity index (χ0n) is 21.9. The standard InChI is InChI=1S/C31H33FN2O4/c1-4-27(29(31(35)36)34(3)20-22-10-14-25(32)15-11-22)23-12-16-26(17-13-23)37-19-18-28-21(2)38-30(33-28)24-8-6-5-7-9-24/h5-17,27,29H,4,18-20H2,1-3H3,(H,35,36). The van der Waals surface area contributed by atoms with E-state index in [2.05, 4.69) is 4.98 Å². The molecular weight excluding hydrogens is 483 g/mol. The molecule has 38 heavy (non-hydrogen) atoms. The molecule has 1 N–H and O–H groups in total. The van der Waals surface area contributed by atoms with Crippen molar-refractivity contribution in [2.24, 2.45) is 0 Å². The fourth-order valence-corrected chi connectivity index (χ4v) is 4.73. The van der Waals surface area contributed by atoms with Crippen LogP contribution in [0.25, 0.3) is 11.5 Å². The molecule has 0 spiro atoms. The first-order valence-electron chi connectivity index (χ1n) is 12.8. The van der Waals surface area contributed by atoms with Crippen molar-refractivity contribution in [3.63, 3.8) is 0 Å². The highest BCUT2D eigenvalue weighted by Gasteiger charge is 2.32. The molecule has 0 aliphatic rings. The number of aromatic nitrogens is 1. The molecule has 0 bridgehead atoms. The van der Waals surface area contributed by atoms with Gasteiger partial charge in [-0.25, -0.2) is 9.37 Å². The zero-order valence-corrected chi connectivity index (χ0v) is 21.9. The van der Waals surface area contributed by atoms with Gasteiger partial charge in [0, 0.05) is 24.4 Å². The van der Waals surface area contributed by atoms with Crippen molar-refractivity contribution in [1.82, 2.24) is 9.88 Å². The molecule has 0 aliphatic carbocycles. The smallest absolute Gasteiger partial charge is 0.321 e. The van der Waals surface area contributed by atoms with Crippen LogP contribution in [0.1, 0.15) is 41.8 Å². The number of ether oxygens (including phenoxy) is 1. The largest absolute Gasteiger partial charge is 0.493 e. The molecule has 4 rings (SSSR count). The highest BCUT2D eigenvalue weighted by atomic mass is 19.1. The van der Waals surface area contributed by atoms with Crippen LogP contribution < -0.4 is 4.74 Å². The van der Waals surface area contributed by atoms with Crippen molar-refractivity contribution in [2.45, 2.75) is 45.2 Å². The summed E-state index contributed by atoms with van der Waals surface area (Å²) in [5.41, 5.74) is 3.59. The van der Waals surface area contributed by atoms with Gasteiger partial charge in [0.1, 0.15) is 23.4 Å². The lowest BCUT2D eigenvalue weighted by molar-refractivity contribution is -0.144. The number of oxazole rings is 1. The van der Waals surface area contributed by atoms with Gasteiger partial charge in [-0.2, -0.15) is 0 Å². The van der Waals surface area contributed by atoms with Crippen LogP contribution in [0.15, 0.2) is 83.3 Å². The summed E-state index contributed by atoms with van der Waals surface area (Å²) in [5, 5.41) is 10.1. The maximum absolute atomic E-state index is 13.3. The number of nitrogens with zero attached hydrogens (tertiary/aromatic N) is 2. The Morgan fingerprint density at radius 1 is 1.05 bits per heavy atom. The van der Waals surface area contributed by atoms with E-state index in [1.807, 2.05) is 68.4 Å². The zero-order chi connectivity index (χ0) is 27.1. The fourth-order valence-electron chi connectivity index (χ4n) is 4.73. The monoisotopic (exact) mass is 516 g/mol. The van der Waals surface area contributed by atoms with Crippen LogP contribution in [0.5, 0.6) is 5.75 Å². The van der Waals surface area contributed by atoms with Crippen molar-refractivity contribution >= 4 is 5.97 Å². The van der Waals surface area contributed by atoms with E-state index in [0.29, 0.717) is 37.6 Å². The molecule has 0 aliphatic heterocycles. The van der Waals surface area contributed by atoms with Gasteiger partial charge in [-0.1, -0.05) is 49.4 Å². The van der Waals surface area contributed by atoms with Gasteiger partial charge < -0.3 is 14.3 Å². The average molecular weight is 517 g/mol. The Morgan fingerprint density at radius 3 is 2.37 bits per heavy atom. The fraction of sp³-hybridized carbons (Fsp3) is 0.290. The number of halogens is 1. The average Bonchev–Trinajstić information content (AvgIpc) is 3.29. The SMILES string of the molecule is CCC(c1ccc(OCCc2nc(-c3ccccc3)oc2C)cc1)C(C(=O)O)N(C)Cc1ccc(F)cc1. The first-order valence-corrected chi connectivity index (χ1v) is 12.8. The molecule has 198 valence electrons. The number of likely N-dealkylation sites (N-methyl/N-ethyl adjacent to an activating group) is 1. The van der Waals surface area contributed by atoms with E-state index in [0.717, 1.165) is 28.1 Å². The van der Waals surface area contributed by atoms with Crippen LogP contribution in [0.2, 0.25) is 0 Å². The summed E-state index contributed by atoms with van der Waals surface area (Å²) in [7, 11) is 1.79. The van der Waals surface area contributed by atoms with Crippen LogP contribution in [0.4, 0.5) is 4.39 Å². The minimum Gasteiger partial charge on any atom is -0.493 e. The van der Waals surface area contributed by atoms with Gasteiger partial charge in [-0.3, -0.25) is 9.69 Å². The van der Waals surface area contributed by atoms with Gasteiger partial charge in [0.25, 0.3) is 0 Å². The van der Waals surface area contributed by atoms with E-state index < -0.39 is 12.0 Å². The number of hydrogen-bond donors (Lipinski definition) is 1. The minimum absolute atomic E-state index is 0.221. The number of carbonyl (C=O) groups is 1. The highest BCUT2D eigenvalue weighted by molar-refractivity contribution is 5.75. The molecule has 0 saturated heterocycles. The van der Waals surface area contributed by atoms with Crippen LogP contribution in [-0.4, -0.2) is 40.7 Å². The number of carboxylic acid groups (broad SMARTS) is 1. The third-order valence-corrected chi connectivity index (χ3v) is 6.72. The first kappa shape index (κ1) is 27.1. The van der Waals surface area contributed by atoms with Gasteiger partial charge in [0.15, 0.2) is 0 Å². The number of rotatable bonds is 12. The normalized spacial score (nSPS) is 12.9. The maximum Gasteiger partial charge on any atom is 0.321 e. The van der Waals surface area contributed by atoms with E-state index in [9.17, 15) is 14.3 Å². The predicted molar refractivity (Wildman–Crippen MR) is 145 cm³/mol. The summed E-state index contributed by atoms with van der Waals surface area (Å²) in [6.45, 7) is 4.74. The second-order valence-electron chi connectivity index (χ2n) is 9.39. The van der Waals surface area contributed by atoms with Crippen molar-refractivity contribution in [3.8, 4) is 17.2 Å². The van der Waals surface area contributed by atoms with Crippen molar-refractivity contribution in [3.05, 3.63) is 107 Å².